The van der Waals surface area contributed by atoms with Crippen molar-refractivity contribution in [3.8, 4) is 0 Å². The van der Waals surface area contributed by atoms with Crippen molar-refractivity contribution in [1.29, 1.82) is 0 Å². The van der Waals surface area contributed by atoms with Gasteiger partial charge in [0, 0.05) is 6.54 Å². The van der Waals surface area contributed by atoms with Crippen LogP contribution in [0, 0.1) is 12.7 Å². The maximum Gasteiger partial charge on any atom is 0.232 e. The van der Waals surface area contributed by atoms with Crippen LogP contribution in [0.1, 0.15) is 23.6 Å². The fourth-order valence-electron chi connectivity index (χ4n) is 2.95. The van der Waals surface area contributed by atoms with E-state index in [9.17, 15) is 17.6 Å². The number of amides is 1. The molecular weight excluding hydrogens is 367 g/mol. The summed E-state index contributed by atoms with van der Waals surface area (Å²) in [5.41, 5.74) is 3.19. The maximum absolute atomic E-state index is 12.9. The molecule has 2 aromatic carbocycles. The number of anilines is 1. The lowest BCUT2D eigenvalue weighted by atomic mass is 10.1. The van der Waals surface area contributed by atoms with Crippen LogP contribution in [0.5, 0.6) is 0 Å². The van der Waals surface area contributed by atoms with Gasteiger partial charge in [0.2, 0.25) is 15.9 Å². The van der Waals surface area contributed by atoms with Crippen molar-refractivity contribution in [2.24, 2.45) is 0 Å². The number of nitrogens with zero attached hydrogens (tertiary/aromatic N) is 1. The van der Waals surface area contributed by atoms with Gasteiger partial charge in [-0.25, -0.2) is 12.8 Å². The highest BCUT2D eigenvalue weighted by Crippen LogP contribution is 2.27. The lowest BCUT2D eigenvalue weighted by molar-refractivity contribution is -0.120. The van der Waals surface area contributed by atoms with Crippen LogP contribution in [0.25, 0.3) is 0 Å². The lowest BCUT2D eigenvalue weighted by Gasteiger charge is -2.26. The van der Waals surface area contributed by atoms with Gasteiger partial charge in [0.1, 0.15) is 5.82 Å². The van der Waals surface area contributed by atoms with Crippen LogP contribution < -0.4 is 9.62 Å². The molecule has 0 bridgehead atoms. The fourth-order valence-corrected chi connectivity index (χ4v) is 3.97. The van der Waals surface area contributed by atoms with Crippen LogP contribution in [0.4, 0.5) is 10.1 Å². The van der Waals surface area contributed by atoms with Crippen molar-refractivity contribution in [3.63, 3.8) is 0 Å². The molecule has 1 amide bonds. The first-order valence-electron chi connectivity index (χ1n) is 8.79. The summed E-state index contributed by atoms with van der Waals surface area (Å²) in [6.07, 6.45) is 1.99. The Balaban J connectivity index is 2.06. The quantitative estimate of drug-likeness (QED) is 0.751. The molecule has 27 heavy (non-hydrogen) atoms. The molecule has 0 saturated carbocycles. The van der Waals surface area contributed by atoms with E-state index < -0.39 is 10.0 Å². The van der Waals surface area contributed by atoms with E-state index in [1.54, 1.807) is 12.1 Å². The summed E-state index contributed by atoms with van der Waals surface area (Å²) >= 11 is 0. The second-order valence-electron chi connectivity index (χ2n) is 6.42. The van der Waals surface area contributed by atoms with E-state index in [0.717, 1.165) is 11.1 Å². The average Bonchev–Trinajstić information content (AvgIpc) is 2.60. The third-order valence-electron chi connectivity index (χ3n) is 4.27. The molecule has 0 saturated heterocycles. The molecule has 0 aliphatic heterocycles. The zero-order valence-electron chi connectivity index (χ0n) is 15.8. The number of carbonyl (C=O) groups is 1. The Kier molecular flexibility index (Phi) is 6.96. The summed E-state index contributed by atoms with van der Waals surface area (Å²) in [7, 11) is -3.49. The van der Waals surface area contributed by atoms with Crippen molar-refractivity contribution < 1.29 is 17.6 Å². The molecule has 0 unspecified atom stereocenters. The SMILES string of the molecule is CCc1cccc(C)c1N(CCNC(=O)Cc1ccc(F)cc1)S(C)(=O)=O. The van der Waals surface area contributed by atoms with Crippen LogP contribution in [0.15, 0.2) is 42.5 Å². The highest BCUT2D eigenvalue weighted by molar-refractivity contribution is 7.92. The van der Waals surface area contributed by atoms with Gasteiger partial charge >= 0.3 is 0 Å². The van der Waals surface area contributed by atoms with E-state index >= 15 is 0 Å². The number of hydrogen-bond donors (Lipinski definition) is 1. The number of benzene rings is 2. The number of sulfonamides is 1. The van der Waals surface area contributed by atoms with E-state index in [2.05, 4.69) is 5.32 Å². The molecule has 0 atom stereocenters. The Labute approximate surface area is 160 Å². The van der Waals surface area contributed by atoms with Gasteiger partial charge in [-0.3, -0.25) is 9.10 Å². The zero-order valence-corrected chi connectivity index (χ0v) is 16.6. The van der Waals surface area contributed by atoms with Gasteiger partial charge in [0.15, 0.2) is 0 Å². The molecule has 1 N–H and O–H groups in total. The maximum atomic E-state index is 12.9. The molecule has 7 heteroatoms. The smallest absolute Gasteiger partial charge is 0.232 e. The summed E-state index contributed by atoms with van der Waals surface area (Å²) < 4.78 is 38.9. The number of aryl methyl sites for hydroxylation is 2. The summed E-state index contributed by atoms with van der Waals surface area (Å²) in [6, 6.07) is 11.4. The molecule has 0 aliphatic rings. The van der Waals surface area contributed by atoms with E-state index in [1.165, 1.54) is 22.7 Å². The Bertz CT molecular complexity index is 896. The predicted molar refractivity (Wildman–Crippen MR) is 106 cm³/mol. The molecule has 5 nitrogen and oxygen atoms in total. The van der Waals surface area contributed by atoms with Crippen LogP contribution in [-0.2, 0) is 27.7 Å². The molecule has 0 fully saturated rings. The Hall–Kier alpha value is -2.41. The highest BCUT2D eigenvalue weighted by atomic mass is 32.2. The Morgan fingerprint density at radius 3 is 2.41 bits per heavy atom. The van der Waals surface area contributed by atoms with Crippen LogP contribution in [-0.4, -0.2) is 33.7 Å². The molecule has 0 heterocycles. The van der Waals surface area contributed by atoms with Gasteiger partial charge in [-0.05, 0) is 42.2 Å². The molecular formula is C20H25FN2O3S. The first-order chi connectivity index (χ1) is 12.7. The standard InChI is InChI=1S/C20H25FN2O3S/c1-4-17-7-5-6-15(2)20(17)23(27(3,25)26)13-12-22-19(24)14-16-8-10-18(21)11-9-16/h5-11H,4,12-14H2,1-3H3,(H,22,24). The third kappa shape index (κ3) is 5.79. The van der Waals surface area contributed by atoms with Crippen LogP contribution in [0.2, 0.25) is 0 Å². The molecule has 0 aliphatic carbocycles. The van der Waals surface area contributed by atoms with E-state index in [0.29, 0.717) is 17.7 Å². The second kappa shape index (κ2) is 8.99. The fraction of sp³-hybridized carbons (Fsp3) is 0.350. The average molecular weight is 392 g/mol. The minimum atomic E-state index is -3.49. The number of para-hydroxylation sites is 1. The van der Waals surface area contributed by atoms with Crippen molar-refractivity contribution in [1.82, 2.24) is 5.32 Å². The zero-order chi connectivity index (χ0) is 20.0. The molecule has 146 valence electrons. The third-order valence-corrected chi connectivity index (χ3v) is 5.43. The Morgan fingerprint density at radius 2 is 1.81 bits per heavy atom. The van der Waals surface area contributed by atoms with Crippen molar-refractivity contribution >= 4 is 21.6 Å². The Morgan fingerprint density at radius 1 is 1.15 bits per heavy atom. The normalized spacial score (nSPS) is 11.3. The summed E-state index contributed by atoms with van der Waals surface area (Å²) in [6.45, 7) is 4.18. The van der Waals surface area contributed by atoms with Crippen LogP contribution in [0.3, 0.4) is 0 Å². The van der Waals surface area contributed by atoms with Gasteiger partial charge in [-0.15, -0.1) is 0 Å². The topological polar surface area (TPSA) is 66.5 Å². The minimum Gasteiger partial charge on any atom is -0.354 e. The van der Waals surface area contributed by atoms with E-state index in [-0.39, 0.29) is 31.2 Å². The predicted octanol–water partition coefficient (Wildman–Crippen LogP) is 2.82. The van der Waals surface area contributed by atoms with Gasteiger partial charge in [0.05, 0.1) is 24.9 Å². The number of carbonyl (C=O) groups excluding carboxylic acids is 1. The van der Waals surface area contributed by atoms with E-state index in [4.69, 9.17) is 0 Å². The molecule has 0 aromatic heterocycles. The summed E-state index contributed by atoms with van der Waals surface area (Å²) in [4.78, 5) is 12.1. The number of nitrogens with one attached hydrogen (secondary N) is 1. The van der Waals surface area contributed by atoms with Gasteiger partial charge < -0.3 is 5.32 Å². The molecule has 0 radical (unpaired) electrons. The van der Waals surface area contributed by atoms with Crippen LogP contribution >= 0.6 is 0 Å². The second-order valence-corrected chi connectivity index (χ2v) is 8.33. The van der Waals surface area contributed by atoms with Gasteiger partial charge in [-0.1, -0.05) is 37.3 Å². The van der Waals surface area contributed by atoms with Crippen molar-refractivity contribution in [2.45, 2.75) is 26.7 Å². The lowest BCUT2D eigenvalue weighted by Crippen LogP contribution is -2.39. The highest BCUT2D eigenvalue weighted by Gasteiger charge is 2.21. The van der Waals surface area contributed by atoms with Crippen molar-refractivity contribution in [3.05, 3.63) is 65.0 Å². The first-order valence-corrected chi connectivity index (χ1v) is 10.6. The summed E-state index contributed by atoms with van der Waals surface area (Å²) in [5.74, 6) is -0.594. The molecule has 2 aromatic rings. The van der Waals surface area contributed by atoms with Gasteiger partial charge in [0.25, 0.3) is 0 Å². The summed E-state index contributed by atoms with van der Waals surface area (Å²) in [5, 5.41) is 2.74. The number of hydrogen-bond acceptors (Lipinski definition) is 3. The number of halogens is 1. The minimum absolute atomic E-state index is 0.115. The number of rotatable bonds is 8. The largest absolute Gasteiger partial charge is 0.354 e. The van der Waals surface area contributed by atoms with E-state index in [1.807, 2.05) is 32.0 Å². The van der Waals surface area contributed by atoms with Gasteiger partial charge in [-0.2, -0.15) is 0 Å². The molecule has 2 rings (SSSR count). The molecule has 0 spiro atoms. The van der Waals surface area contributed by atoms with Crippen molar-refractivity contribution in [2.75, 3.05) is 23.7 Å². The monoisotopic (exact) mass is 392 g/mol. The first kappa shape index (κ1) is 20.9.